The van der Waals surface area contributed by atoms with Gasteiger partial charge in [-0.15, -0.1) is 0 Å². The van der Waals surface area contributed by atoms with Crippen LogP contribution in [0.4, 0.5) is 22.9 Å². The molecule has 6 heteroatoms. The molecule has 1 aliphatic heterocycles. The maximum Gasteiger partial charge on any atom is 0.269 e. The largest absolute Gasteiger partial charge is 0.364 e. The van der Waals surface area contributed by atoms with Gasteiger partial charge in [0, 0.05) is 24.0 Å². The van der Waals surface area contributed by atoms with E-state index in [1.807, 2.05) is 17.0 Å². The Morgan fingerprint density at radius 3 is 2.78 bits per heavy atom. The Kier molecular flexibility index (Phi) is 2.33. The predicted octanol–water partition coefficient (Wildman–Crippen LogP) is 2.51. The molecule has 0 unspecified atom stereocenters. The number of hydrogen-bond donors (Lipinski definition) is 1. The van der Waals surface area contributed by atoms with Gasteiger partial charge in [-0.05, 0) is 24.3 Å². The highest BCUT2D eigenvalue weighted by molar-refractivity contribution is 5.77. The van der Waals surface area contributed by atoms with Crippen LogP contribution in [-0.4, -0.2) is 16.6 Å². The van der Waals surface area contributed by atoms with E-state index in [0.29, 0.717) is 6.67 Å². The molecule has 3 rings (SSSR count). The fourth-order valence-corrected chi connectivity index (χ4v) is 1.96. The zero-order valence-electron chi connectivity index (χ0n) is 9.41. The molecule has 0 saturated heterocycles. The first kappa shape index (κ1) is 10.5. The summed E-state index contributed by atoms with van der Waals surface area (Å²) in [5.74, 6) is 0.839. The van der Waals surface area contributed by atoms with Crippen LogP contribution in [0.25, 0.3) is 0 Å². The van der Waals surface area contributed by atoms with Crippen LogP contribution in [0.2, 0.25) is 0 Å². The third-order valence-corrected chi connectivity index (χ3v) is 2.84. The van der Waals surface area contributed by atoms with Crippen LogP contribution in [0.3, 0.4) is 0 Å². The van der Waals surface area contributed by atoms with Gasteiger partial charge in [0.05, 0.1) is 17.3 Å². The summed E-state index contributed by atoms with van der Waals surface area (Å²) in [6, 6.07) is 10.3. The van der Waals surface area contributed by atoms with E-state index in [1.165, 1.54) is 12.1 Å². The highest BCUT2D eigenvalue weighted by atomic mass is 16.6. The minimum Gasteiger partial charge on any atom is -0.364 e. The molecule has 0 amide bonds. The molecule has 0 atom stereocenters. The lowest BCUT2D eigenvalue weighted by Crippen LogP contribution is -2.16. The standard InChI is InChI=1S/C12H10N4O2/c17-16(18)10-5-3-9(4-6-10)15-8-14-11-2-1-7-13-12(11)15/h1-7,14H,8H2. The van der Waals surface area contributed by atoms with Gasteiger partial charge >= 0.3 is 0 Å². The molecule has 2 aromatic rings. The van der Waals surface area contributed by atoms with Gasteiger partial charge in [-0.1, -0.05) is 0 Å². The summed E-state index contributed by atoms with van der Waals surface area (Å²) in [5, 5.41) is 13.8. The lowest BCUT2D eigenvalue weighted by Gasteiger charge is -2.16. The zero-order valence-corrected chi connectivity index (χ0v) is 9.41. The summed E-state index contributed by atoms with van der Waals surface area (Å²) in [6.45, 7) is 0.615. The van der Waals surface area contributed by atoms with E-state index in [-0.39, 0.29) is 5.69 Å². The Balaban J connectivity index is 1.95. The van der Waals surface area contributed by atoms with E-state index in [2.05, 4.69) is 10.3 Å². The van der Waals surface area contributed by atoms with Crippen molar-refractivity contribution in [1.29, 1.82) is 0 Å². The summed E-state index contributed by atoms with van der Waals surface area (Å²) < 4.78 is 0. The van der Waals surface area contributed by atoms with E-state index in [4.69, 9.17) is 0 Å². The second-order valence-corrected chi connectivity index (χ2v) is 3.91. The number of rotatable bonds is 2. The Bertz CT molecular complexity index is 597. The van der Waals surface area contributed by atoms with Crippen LogP contribution in [0, 0.1) is 10.1 Å². The molecule has 1 aromatic heterocycles. The summed E-state index contributed by atoms with van der Waals surface area (Å²) in [7, 11) is 0. The summed E-state index contributed by atoms with van der Waals surface area (Å²) >= 11 is 0. The van der Waals surface area contributed by atoms with Crippen LogP contribution in [-0.2, 0) is 0 Å². The van der Waals surface area contributed by atoms with Crippen LogP contribution in [0.15, 0.2) is 42.6 Å². The quantitative estimate of drug-likeness (QED) is 0.647. The fraction of sp³-hybridized carbons (Fsp3) is 0.0833. The van der Waals surface area contributed by atoms with E-state index in [0.717, 1.165) is 17.2 Å². The molecule has 18 heavy (non-hydrogen) atoms. The van der Waals surface area contributed by atoms with Crippen LogP contribution in [0.1, 0.15) is 0 Å². The number of aromatic nitrogens is 1. The van der Waals surface area contributed by atoms with Gasteiger partial charge in [0.1, 0.15) is 0 Å². The Morgan fingerprint density at radius 2 is 2.06 bits per heavy atom. The molecule has 1 N–H and O–H groups in total. The topological polar surface area (TPSA) is 71.3 Å². The van der Waals surface area contributed by atoms with Gasteiger partial charge in [-0.3, -0.25) is 10.1 Å². The minimum atomic E-state index is -0.405. The number of hydrogen-bond acceptors (Lipinski definition) is 5. The minimum absolute atomic E-state index is 0.0900. The van der Waals surface area contributed by atoms with Crippen LogP contribution >= 0.6 is 0 Å². The van der Waals surface area contributed by atoms with Crippen molar-refractivity contribution in [3.8, 4) is 0 Å². The number of pyridine rings is 1. The molecule has 0 aliphatic carbocycles. The Hall–Kier alpha value is -2.63. The van der Waals surface area contributed by atoms with Crippen LogP contribution in [0.5, 0.6) is 0 Å². The molecule has 0 spiro atoms. The van der Waals surface area contributed by atoms with E-state index < -0.39 is 4.92 Å². The second-order valence-electron chi connectivity index (χ2n) is 3.91. The molecule has 0 radical (unpaired) electrons. The monoisotopic (exact) mass is 242 g/mol. The highest BCUT2D eigenvalue weighted by Gasteiger charge is 2.21. The van der Waals surface area contributed by atoms with Crippen molar-refractivity contribution in [3.63, 3.8) is 0 Å². The van der Waals surface area contributed by atoms with Gasteiger partial charge in [-0.25, -0.2) is 4.98 Å². The number of nitro benzene ring substituents is 1. The van der Waals surface area contributed by atoms with Crippen molar-refractivity contribution in [3.05, 3.63) is 52.7 Å². The zero-order chi connectivity index (χ0) is 12.5. The number of nitro groups is 1. The normalized spacial score (nSPS) is 13.0. The lowest BCUT2D eigenvalue weighted by molar-refractivity contribution is -0.384. The van der Waals surface area contributed by atoms with Crippen molar-refractivity contribution >= 4 is 22.9 Å². The molecular weight excluding hydrogens is 232 g/mol. The van der Waals surface area contributed by atoms with Crippen molar-refractivity contribution in [2.75, 3.05) is 16.9 Å². The van der Waals surface area contributed by atoms with Gasteiger partial charge in [0.2, 0.25) is 0 Å². The summed E-state index contributed by atoms with van der Waals surface area (Å²) in [6.07, 6.45) is 1.73. The third-order valence-electron chi connectivity index (χ3n) is 2.84. The first-order valence-electron chi connectivity index (χ1n) is 5.46. The van der Waals surface area contributed by atoms with Gasteiger partial charge in [-0.2, -0.15) is 0 Å². The first-order chi connectivity index (χ1) is 8.75. The number of nitrogens with zero attached hydrogens (tertiary/aromatic N) is 3. The Labute approximate surface area is 103 Å². The maximum atomic E-state index is 10.6. The van der Waals surface area contributed by atoms with Crippen LogP contribution < -0.4 is 10.2 Å². The smallest absolute Gasteiger partial charge is 0.269 e. The average molecular weight is 242 g/mol. The summed E-state index contributed by atoms with van der Waals surface area (Å²) in [5.41, 5.74) is 1.94. The molecule has 0 bridgehead atoms. The number of fused-ring (bicyclic) bond motifs is 1. The van der Waals surface area contributed by atoms with Crippen molar-refractivity contribution in [1.82, 2.24) is 4.98 Å². The summed E-state index contributed by atoms with van der Waals surface area (Å²) in [4.78, 5) is 16.5. The van der Waals surface area contributed by atoms with E-state index in [9.17, 15) is 10.1 Å². The molecular formula is C12H10N4O2. The molecule has 0 fully saturated rings. The van der Waals surface area contributed by atoms with E-state index in [1.54, 1.807) is 18.3 Å². The average Bonchev–Trinajstić information content (AvgIpc) is 2.82. The molecule has 1 aromatic carbocycles. The number of benzene rings is 1. The molecule has 1 aliphatic rings. The first-order valence-corrected chi connectivity index (χ1v) is 5.46. The van der Waals surface area contributed by atoms with Gasteiger partial charge in [0.15, 0.2) is 5.82 Å². The molecule has 2 heterocycles. The van der Waals surface area contributed by atoms with Crippen molar-refractivity contribution < 1.29 is 4.92 Å². The number of non-ortho nitro benzene ring substituents is 1. The SMILES string of the molecule is O=[N+]([O-])c1ccc(N2CNc3cccnc32)cc1. The van der Waals surface area contributed by atoms with Gasteiger partial charge < -0.3 is 10.2 Å². The molecule has 0 saturated carbocycles. The predicted molar refractivity (Wildman–Crippen MR) is 68.0 cm³/mol. The van der Waals surface area contributed by atoms with Crippen molar-refractivity contribution in [2.45, 2.75) is 0 Å². The number of anilines is 3. The Morgan fingerprint density at radius 1 is 1.28 bits per heavy atom. The molecule has 6 nitrogen and oxygen atoms in total. The maximum absolute atomic E-state index is 10.6. The van der Waals surface area contributed by atoms with Gasteiger partial charge in [0.25, 0.3) is 5.69 Å². The molecule has 90 valence electrons. The van der Waals surface area contributed by atoms with Crippen molar-refractivity contribution in [2.24, 2.45) is 0 Å². The highest BCUT2D eigenvalue weighted by Crippen LogP contribution is 2.34. The lowest BCUT2D eigenvalue weighted by atomic mass is 10.2. The third kappa shape index (κ3) is 1.64. The fourth-order valence-electron chi connectivity index (χ4n) is 1.96. The van der Waals surface area contributed by atoms with E-state index >= 15 is 0 Å². The number of nitrogens with one attached hydrogen (secondary N) is 1. The second kappa shape index (κ2) is 3.99.